The zero-order valence-corrected chi connectivity index (χ0v) is 9.60. The lowest BCUT2D eigenvalue weighted by Crippen LogP contribution is -2.49. The summed E-state index contributed by atoms with van der Waals surface area (Å²) in [4.78, 5) is 0. The maximum Gasteiger partial charge on any atom is 0.0827 e. The molecular formula is C11H25NO. The van der Waals surface area contributed by atoms with Crippen LogP contribution in [-0.4, -0.2) is 18.2 Å². The van der Waals surface area contributed by atoms with E-state index in [1.165, 1.54) is 0 Å². The monoisotopic (exact) mass is 187 g/mol. The van der Waals surface area contributed by atoms with Crippen LogP contribution in [-0.2, 0) is 4.74 Å². The second-order valence-electron chi connectivity index (χ2n) is 3.60. The normalized spacial score (nSPS) is 14.5. The molecular weight excluding hydrogens is 162 g/mol. The summed E-state index contributed by atoms with van der Waals surface area (Å²) in [6.45, 7) is 9.29. The fourth-order valence-corrected chi connectivity index (χ4v) is 1.95. The second-order valence-corrected chi connectivity index (χ2v) is 3.60. The summed E-state index contributed by atoms with van der Waals surface area (Å²) in [5.74, 6) is 0. The predicted molar refractivity (Wildman–Crippen MR) is 57.8 cm³/mol. The second kappa shape index (κ2) is 6.39. The molecule has 0 amide bonds. The highest BCUT2D eigenvalue weighted by Crippen LogP contribution is 2.26. The van der Waals surface area contributed by atoms with Gasteiger partial charge in [-0.25, -0.2) is 0 Å². The third-order valence-corrected chi connectivity index (χ3v) is 2.90. The van der Waals surface area contributed by atoms with Crippen LogP contribution < -0.4 is 5.73 Å². The van der Waals surface area contributed by atoms with E-state index >= 15 is 0 Å². The van der Waals surface area contributed by atoms with Crippen LogP contribution in [0.4, 0.5) is 0 Å². The van der Waals surface area contributed by atoms with Crippen LogP contribution >= 0.6 is 0 Å². The van der Waals surface area contributed by atoms with Crippen molar-refractivity contribution in [1.82, 2.24) is 0 Å². The van der Waals surface area contributed by atoms with Crippen LogP contribution in [0.3, 0.4) is 0 Å². The first kappa shape index (κ1) is 12.9. The number of rotatable bonds is 7. The third kappa shape index (κ3) is 3.28. The zero-order chi connectivity index (χ0) is 10.3. The molecule has 0 aromatic rings. The summed E-state index contributed by atoms with van der Waals surface area (Å²) in [7, 11) is 0. The van der Waals surface area contributed by atoms with E-state index in [2.05, 4.69) is 20.8 Å². The van der Waals surface area contributed by atoms with Crippen molar-refractivity contribution in [3.05, 3.63) is 0 Å². The van der Waals surface area contributed by atoms with Crippen LogP contribution in [0.1, 0.15) is 53.4 Å². The van der Waals surface area contributed by atoms with Gasteiger partial charge in [0, 0.05) is 12.6 Å². The van der Waals surface area contributed by atoms with E-state index in [0.717, 1.165) is 32.3 Å². The minimum Gasteiger partial charge on any atom is -0.374 e. The van der Waals surface area contributed by atoms with Crippen molar-refractivity contribution in [2.75, 3.05) is 6.61 Å². The Morgan fingerprint density at radius 3 is 2.00 bits per heavy atom. The van der Waals surface area contributed by atoms with Gasteiger partial charge in [-0.3, -0.25) is 0 Å². The van der Waals surface area contributed by atoms with Gasteiger partial charge in [-0.05, 0) is 26.2 Å². The van der Waals surface area contributed by atoms with Gasteiger partial charge in [-0.1, -0.05) is 27.2 Å². The summed E-state index contributed by atoms with van der Waals surface area (Å²) in [6.07, 6.45) is 4.22. The van der Waals surface area contributed by atoms with Gasteiger partial charge >= 0.3 is 0 Å². The largest absolute Gasteiger partial charge is 0.374 e. The number of nitrogens with two attached hydrogens (primary N) is 1. The fourth-order valence-electron chi connectivity index (χ4n) is 1.95. The molecule has 0 fully saturated rings. The molecule has 2 heteroatoms. The number of hydrogen-bond donors (Lipinski definition) is 1. The van der Waals surface area contributed by atoms with Crippen LogP contribution in [0.15, 0.2) is 0 Å². The van der Waals surface area contributed by atoms with Crippen molar-refractivity contribution in [2.24, 2.45) is 5.73 Å². The quantitative estimate of drug-likeness (QED) is 0.665. The summed E-state index contributed by atoms with van der Waals surface area (Å²) < 4.78 is 5.82. The van der Waals surface area contributed by atoms with Crippen LogP contribution in [0.5, 0.6) is 0 Å². The van der Waals surface area contributed by atoms with E-state index in [9.17, 15) is 0 Å². The lowest BCUT2D eigenvalue weighted by Gasteiger charge is -2.37. The van der Waals surface area contributed by atoms with Gasteiger partial charge in [0.15, 0.2) is 0 Å². The SMILES string of the molecule is CCCC(N)C(CC)(CC)OCC. The van der Waals surface area contributed by atoms with Gasteiger partial charge < -0.3 is 10.5 Å². The van der Waals surface area contributed by atoms with Gasteiger partial charge in [-0.2, -0.15) is 0 Å². The lowest BCUT2D eigenvalue weighted by molar-refractivity contribution is -0.0651. The van der Waals surface area contributed by atoms with Crippen molar-refractivity contribution in [3.63, 3.8) is 0 Å². The first-order valence-corrected chi connectivity index (χ1v) is 5.56. The number of hydrogen-bond acceptors (Lipinski definition) is 2. The highest BCUT2D eigenvalue weighted by atomic mass is 16.5. The van der Waals surface area contributed by atoms with Gasteiger partial charge in [0.2, 0.25) is 0 Å². The molecule has 0 aliphatic carbocycles. The van der Waals surface area contributed by atoms with Crippen molar-refractivity contribution >= 4 is 0 Å². The molecule has 2 N–H and O–H groups in total. The molecule has 0 saturated carbocycles. The Kier molecular flexibility index (Phi) is 6.35. The highest BCUT2D eigenvalue weighted by Gasteiger charge is 2.32. The molecule has 13 heavy (non-hydrogen) atoms. The molecule has 2 nitrogen and oxygen atoms in total. The van der Waals surface area contributed by atoms with Gasteiger partial charge in [0.05, 0.1) is 5.60 Å². The Morgan fingerprint density at radius 1 is 1.15 bits per heavy atom. The molecule has 0 aromatic carbocycles. The summed E-state index contributed by atoms with van der Waals surface area (Å²) in [6, 6.07) is 0.187. The maximum absolute atomic E-state index is 6.15. The van der Waals surface area contributed by atoms with Crippen LogP contribution in [0, 0.1) is 0 Å². The molecule has 0 aromatic heterocycles. The smallest absolute Gasteiger partial charge is 0.0827 e. The van der Waals surface area contributed by atoms with E-state index in [4.69, 9.17) is 10.5 Å². The molecule has 1 unspecified atom stereocenters. The minimum atomic E-state index is -0.0786. The maximum atomic E-state index is 6.15. The molecule has 0 saturated heterocycles. The standard InChI is InChI=1S/C11H25NO/c1-5-9-10(12)11(6-2,7-3)13-8-4/h10H,5-9,12H2,1-4H3. The Morgan fingerprint density at radius 2 is 1.69 bits per heavy atom. The highest BCUT2D eigenvalue weighted by molar-refractivity contribution is 4.88. The average molecular weight is 187 g/mol. The van der Waals surface area contributed by atoms with Gasteiger partial charge in [-0.15, -0.1) is 0 Å². The van der Waals surface area contributed by atoms with E-state index in [1.807, 2.05) is 6.92 Å². The van der Waals surface area contributed by atoms with E-state index in [0.29, 0.717) is 0 Å². The average Bonchev–Trinajstić information content (AvgIpc) is 2.14. The summed E-state index contributed by atoms with van der Waals surface area (Å²) >= 11 is 0. The molecule has 80 valence electrons. The topological polar surface area (TPSA) is 35.2 Å². The van der Waals surface area contributed by atoms with E-state index in [1.54, 1.807) is 0 Å². The molecule has 0 rings (SSSR count). The Bertz CT molecular complexity index is 121. The molecule has 0 aliphatic rings. The van der Waals surface area contributed by atoms with Crippen molar-refractivity contribution < 1.29 is 4.74 Å². The van der Waals surface area contributed by atoms with Crippen LogP contribution in [0.25, 0.3) is 0 Å². The minimum absolute atomic E-state index is 0.0786. The molecule has 0 aliphatic heterocycles. The van der Waals surface area contributed by atoms with E-state index < -0.39 is 0 Å². The fraction of sp³-hybridized carbons (Fsp3) is 1.00. The molecule has 1 atom stereocenters. The third-order valence-electron chi connectivity index (χ3n) is 2.90. The summed E-state index contributed by atoms with van der Waals surface area (Å²) in [5, 5.41) is 0. The lowest BCUT2D eigenvalue weighted by atomic mass is 9.86. The zero-order valence-electron chi connectivity index (χ0n) is 9.60. The van der Waals surface area contributed by atoms with Gasteiger partial charge in [0.25, 0.3) is 0 Å². The predicted octanol–water partition coefficient (Wildman–Crippen LogP) is 2.71. The first-order valence-electron chi connectivity index (χ1n) is 5.56. The van der Waals surface area contributed by atoms with Gasteiger partial charge in [0.1, 0.15) is 0 Å². The Balaban J connectivity index is 4.33. The first-order chi connectivity index (χ1) is 6.16. The Hall–Kier alpha value is -0.0800. The molecule has 0 radical (unpaired) electrons. The summed E-state index contributed by atoms with van der Waals surface area (Å²) in [5.41, 5.74) is 6.07. The molecule has 0 bridgehead atoms. The molecule has 0 heterocycles. The molecule has 0 spiro atoms. The van der Waals surface area contributed by atoms with Crippen LogP contribution in [0.2, 0.25) is 0 Å². The number of ether oxygens (including phenoxy) is 1. The Labute approximate surface area is 82.8 Å². The van der Waals surface area contributed by atoms with Crippen molar-refractivity contribution in [2.45, 2.75) is 65.0 Å². The van der Waals surface area contributed by atoms with Crippen molar-refractivity contribution in [1.29, 1.82) is 0 Å². The van der Waals surface area contributed by atoms with E-state index in [-0.39, 0.29) is 11.6 Å². The van der Waals surface area contributed by atoms with Crippen molar-refractivity contribution in [3.8, 4) is 0 Å².